The van der Waals surface area contributed by atoms with Gasteiger partial charge in [0.05, 0.1) is 16.3 Å². The summed E-state index contributed by atoms with van der Waals surface area (Å²) in [6, 6.07) is 3.99. The molecule has 1 fully saturated rings. The van der Waals surface area contributed by atoms with Gasteiger partial charge in [-0.15, -0.1) is 0 Å². The van der Waals surface area contributed by atoms with Crippen molar-refractivity contribution in [1.29, 1.82) is 0 Å². The fourth-order valence-corrected chi connectivity index (χ4v) is 2.02. The van der Waals surface area contributed by atoms with E-state index in [9.17, 15) is 14.9 Å². The number of rotatable bonds is 3. The second-order valence-corrected chi connectivity index (χ2v) is 4.26. The molecule has 0 saturated carbocycles. The van der Waals surface area contributed by atoms with Crippen molar-refractivity contribution in [1.82, 2.24) is 0 Å². The molecule has 0 spiro atoms. The van der Waals surface area contributed by atoms with E-state index in [0.29, 0.717) is 17.9 Å². The van der Waals surface area contributed by atoms with Gasteiger partial charge in [-0.25, -0.2) is 0 Å². The number of nitro benzene ring substituents is 1. The zero-order valence-electron chi connectivity index (χ0n) is 9.57. The first-order valence-electron chi connectivity index (χ1n) is 5.48. The average Bonchev–Trinajstić information content (AvgIpc) is 2.71. The van der Waals surface area contributed by atoms with E-state index in [1.54, 1.807) is 0 Å². The van der Waals surface area contributed by atoms with Crippen molar-refractivity contribution in [2.75, 3.05) is 23.8 Å². The van der Waals surface area contributed by atoms with Crippen LogP contribution in [0.15, 0.2) is 18.2 Å². The van der Waals surface area contributed by atoms with Gasteiger partial charge in [-0.3, -0.25) is 14.9 Å². The Hall–Kier alpha value is -2.15. The van der Waals surface area contributed by atoms with E-state index in [1.165, 1.54) is 23.1 Å². The van der Waals surface area contributed by atoms with Gasteiger partial charge in [0.1, 0.15) is 0 Å². The first-order valence-corrected chi connectivity index (χ1v) is 5.48. The number of aliphatic hydroxyl groups excluding tert-OH is 1. The number of aliphatic hydroxyl groups is 1. The molecule has 0 aliphatic carbocycles. The monoisotopic (exact) mass is 251 g/mol. The summed E-state index contributed by atoms with van der Waals surface area (Å²) in [5.41, 5.74) is 6.28. The lowest BCUT2D eigenvalue weighted by Crippen LogP contribution is -2.25. The molecule has 0 radical (unpaired) electrons. The normalized spacial score (nSPS) is 19.3. The van der Waals surface area contributed by atoms with E-state index in [0.717, 1.165) is 0 Å². The number of nitrogens with two attached hydrogens (primary N) is 1. The molecule has 0 aromatic heterocycles. The van der Waals surface area contributed by atoms with Gasteiger partial charge >= 0.3 is 0 Å². The molecule has 3 N–H and O–H groups in total. The maximum absolute atomic E-state index is 11.8. The molecule has 1 aliphatic rings. The molecule has 1 amide bonds. The van der Waals surface area contributed by atoms with Gasteiger partial charge in [-0.05, 0) is 6.07 Å². The Morgan fingerprint density at radius 2 is 2.28 bits per heavy atom. The molecule has 7 heteroatoms. The summed E-state index contributed by atoms with van der Waals surface area (Å²) >= 11 is 0. The summed E-state index contributed by atoms with van der Waals surface area (Å²) in [5, 5.41) is 19.7. The van der Waals surface area contributed by atoms with Crippen molar-refractivity contribution >= 4 is 23.0 Å². The van der Waals surface area contributed by atoms with Gasteiger partial charge < -0.3 is 15.7 Å². The summed E-state index contributed by atoms with van der Waals surface area (Å²) in [7, 11) is 0. The molecular weight excluding hydrogens is 238 g/mol. The minimum absolute atomic E-state index is 0.0862. The minimum atomic E-state index is -0.535. The number of hydrogen-bond acceptors (Lipinski definition) is 5. The summed E-state index contributed by atoms with van der Waals surface area (Å²) in [5.74, 6) is -0.322. The molecule has 7 nitrogen and oxygen atoms in total. The van der Waals surface area contributed by atoms with Gasteiger partial charge in [-0.2, -0.15) is 0 Å². The number of hydrogen-bond donors (Lipinski definition) is 2. The van der Waals surface area contributed by atoms with E-state index < -0.39 is 4.92 Å². The molecule has 1 aliphatic heterocycles. The van der Waals surface area contributed by atoms with Crippen LogP contribution in [0.1, 0.15) is 6.42 Å². The second kappa shape index (κ2) is 4.61. The Bertz CT molecular complexity index is 503. The Kier molecular flexibility index (Phi) is 3.15. The van der Waals surface area contributed by atoms with Crippen molar-refractivity contribution in [2.45, 2.75) is 6.42 Å². The Labute approximate surface area is 103 Å². The SMILES string of the molecule is Nc1ccc([N+](=O)[O-])cc1N1CC(CO)CC1=O. The summed E-state index contributed by atoms with van der Waals surface area (Å²) in [6.07, 6.45) is 0.235. The lowest BCUT2D eigenvalue weighted by atomic mass is 10.1. The lowest BCUT2D eigenvalue weighted by Gasteiger charge is -2.18. The Morgan fingerprint density at radius 1 is 1.56 bits per heavy atom. The first-order chi connectivity index (χ1) is 8.52. The van der Waals surface area contributed by atoms with E-state index in [4.69, 9.17) is 10.8 Å². The fourth-order valence-electron chi connectivity index (χ4n) is 2.02. The van der Waals surface area contributed by atoms with E-state index in [1.807, 2.05) is 0 Å². The molecule has 1 unspecified atom stereocenters. The molecule has 18 heavy (non-hydrogen) atoms. The molecule has 96 valence electrons. The predicted octanol–water partition coefficient (Wildman–Crippen LogP) is 0.522. The van der Waals surface area contributed by atoms with Crippen LogP contribution in [-0.4, -0.2) is 29.1 Å². The molecule has 1 aromatic carbocycles. The third kappa shape index (κ3) is 2.12. The van der Waals surface area contributed by atoms with Crippen molar-refractivity contribution in [3.8, 4) is 0 Å². The van der Waals surface area contributed by atoms with Crippen molar-refractivity contribution < 1.29 is 14.8 Å². The van der Waals surface area contributed by atoms with Gasteiger partial charge in [-0.1, -0.05) is 0 Å². The standard InChI is InChI=1S/C11H13N3O4/c12-9-2-1-8(14(17)18)4-10(9)13-5-7(6-15)3-11(13)16/h1-2,4,7,15H,3,5-6,12H2. The van der Waals surface area contributed by atoms with Crippen LogP contribution in [0.25, 0.3) is 0 Å². The third-order valence-corrected chi connectivity index (χ3v) is 2.98. The van der Waals surface area contributed by atoms with Crippen LogP contribution in [0, 0.1) is 16.0 Å². The summed E-state index contributed by atoms with van der Waals surface area (Å²) < 4.78 is 0. The van der Waals surface area contributed by atoms with Crippen LogP contribution in [0.2, 0.25) is 0 Å². The molecule has 1 atom stereocenters. The number of nitrogens with zero attached hydrogens (tertiary/aromatic N) is 2. The number of anilines is 2. The van der Waals surface area contributed by atoms with Crippen LogP contribution < -0.4 is 10.6 Å². The molecule has 2 rings (SSSR count). The zero-order valence-corrected chi connectivity index (χ0v) is 9.57. The van der Waals surface area contributed by atoms with Crippen molar-refractivity contribution in [3.05, 3.63) is 28.3 Å². The summed E-state index contributed by atoms with van der Waals surface area (Å²) in [6.45, 7) is 0.248. The maximum Gasteiger partial charge on any atom is 0.271 e. The maximum atomic E-state index is 11.8. The Morgan fingerprint density at radius 3 is 2.83 bits per heavy atom. The number of nitrogen functional groups attached to an aromatic ring is 1. The molecular formula is C11H13N3O4. The van der Waals surface area contributed by atoms with Gasteiger partial charge in [0.2, 0.25) is 5.91 Å². The third-order valence-electron chi connectivity index (χ3n) is 2.98. The topological polar surface area (TPSA) is 110 Å². The van der Waals surface area contributed by atoms with Gasteiger partial charge in [0, 0.05) is 37.6 Å². The van der Waals surface area contributed by atoms with Crippen LogP contribution in [0.4, 0.5) is 17.1 Å². The first kappa shape index (κ1) is 12.3. The highest BCUT2D eigenvalue weighted by Crippen LogP contribution is 2.32. The van der Waals surface area contributed by atoms with Crippen molar-refractivity contribution in [3.63, 3.8) is 0 Å². The van der Waals surface area contributed by atoms with Crippen LogP contribution in [0.3, 0.4) is 0 Å². The van der Waals surface area contributed by atoms with Crippen LogP contribution in [0.5, 0.6) is 0 Å². The molecule has 0 bridgehead atoms. The number of non-ortho nitro benzene ring substituents is 1. The predicted molar refractivity (Wildman–Crippen MR) is 65.1 cm³/mol. The highest BCUT2D eigenvalue weighted by molar-refractivity contribution is 5.98. The Balaban J connectivity index is 2.35. The molecule has 1 heterocycles. The quantitative estimate of drug-likeness (QED) is 0.462. The zero-order chi connectivity index (χ0) is 13.3. The highest BCUT2D eigenvalue weighted by Gasteiger charge is 2.31. The van der Waals surface area contributed by atoms with E-state index in [-0.39, 0.29) is 30.5 Å². The number of amides is 1. The number of carbonyl (C=O) groups is 1. The van der Waals surface area contributed by atoms with E-state index in [2.05, 4.69) is 0 Å². The fraction of sp³-hybridized carbons (Fsp3) is 0.364. The van der Waals surface area contributed by atoms with Gasteiger partial charge in [0.25, 0.3) is 5.69 Å². The number of benzene rings is 1. The van der Waals surface area contributed by atoms with Crippen LogP contribution >= 0.6 is 0 Å². The largest absolute Gasteiger partial charge is 0.397 e. The smallest absolute Gasteiger partial charge is 0.271 e. The van der Waals surface area contributed by atoms with Crippen LogP contribution in [-0.2, 0) is 4.79 Å². The van der Waals surface area contributed by atoms with Gasteiger partial charge in [0.15, 0.2) is 0 Å². The minimum Gasteiger partial charge on any atom is -0.397 e. The second-order valence-electron chi connectivity index (χ2n) is 4.26. The summed E-state index contributed by atoms with van der Waals surface area (Å²) in [4.78, 5) is 23.3. The molecule has 1 aromatic rings. The number of carbonyl (C=O) groups excluding carboxylic acids is 1. The van der Waals surface area contributed by atoms with Crippen molar-refractivity contribution in [2.24, 2.45) is 5.92 Å². The average molecular weight is 251 g/mol. The lowest BCUT2D eigenvalue weighted by molar-refractivity contribution is -0.384. The van der Waals surface area contributed by atoms with E-state index >= 15 is 0 Å². The molecule has 1 saturated heterocycles. The highest BCUT2D eigenvalue weighted by atomic mass is 16.6. The number of nitro groups is 1.